The summed E-state index contributed by atoms with van der Waals surface area (Å²) in [6, 6.07) is 13.8. The van der Waals surface area contributed by atoms with Crippen LogP contribution in [0.4, 0.5) is 11.4 Å². The minimum atomic E-state index is -3.87. The second-order valence-corrected chi connectivity index (χ2v) is 11.2. The van der Waals surface area contributed by atoms with Crippen molar-refractivity contribution in [3.05, 3.63) is 64.7 Å². The highest BCUT2D eigenvalue weighted by Gasteiger charge is 2.26. The van der Waals surface area contributed by atoms with Crippen molar-refractivity contribution < 1.29 is 13.2 Å². The number of aromatic nitrogens is 2. The van der Waals surface area contributed by atoms with Gasteiger partial charge >= 0.3 is 0 Å². The van der Waals surface area contributed by atoms with Crippen LogP contribution in [0, 0.1) is 13.8 Å². The molecule has 31 heavy (non-hydrogen) atoms. The van der Waals surface area contributed by atoms with Gasteiger partial charge in [0.25, 0.3) is 15.9 Å². The largest absolute Gasteiger partial charge is 0.321 e. The van der Waals surface area contributed by atoms with Crippen molar-refractivity contribution in [2.45, 2.75) is 28.0 Å². The molecule has 1 aromatic heterocycles. The third-order valence-electron chi connectivity index (χ3n) is 4.94. The third kappa shape index (κ3) is 3.56. The fourth-order valence-corrected chi connectivity index (χ4v) is 6.76. The first-order valence-corrected chi connectivity index (χ1v) is 12.4. The van der Waals surface area contributed by atoms with Gasteiger partial charge in [-0.15, -0.1) is 10.2 Å². The number of nitrogens with zero attached hydrogens (tertiary/aromatic N) is 2. The van der Waals surface area contributed by atoms with E-state index in [1.54, 1.807) is 30.3 Å². The van der Waals surface area contributed by atoms with Crippen molar-refractivity contribution in [1.82, 2.24) is 10.2 Å². The maximum absolute atomic E-state index is 13.2. The summed E-state index contributed by atoms with van der Waals surface area (Å²) in [4.78, 5) is 13.2. The highest BCUT2D eigenvalue weighted by molar-refractivity contribution is 8.01. The van der Waals surface area contributed by atoms with Gasteiger partial charge in [-0.3, -0.25) is 9.52 Å². The predicted octanol–water partition coefficient (Wildman–Crippen LogP) is 4.83. The second kappa shape index (κ2) is 7.33. The zero-order chi connectivity index (χ0) is 21.8. The van der Waals surface area contributed by atoms with Gasteiger partial charge in [-0.2, -0.15) is 0 Å². The van der Waals surface area contributed by atoms with E-state index in [0.717, 1.165) is 19.8 Å². The van der Waals surface area contributed by atoms with E-state index in [2.05, 4.69) is 20.2 Å². The molecule has 0 unspecified atom stereocenters. The highest BCUT2D eigenvalue weighted by Crippen LogP contribution is 2.37. The number of carbonyl (C=O) groups excluding carboxylic acids is 1. The first-order chi connectivity index (χ1) is 14.8. The Morgan fingerprint density at radius 3 is 2.65 bits per heavy atom. The molecule has 156 valence electrons. The number of anilines is 2. The van der Waals surface area contributed by atoms with E-state index in [9.17, 15) is 13.2 Å². The maximum atomic E-state index is 13.2. The summed E-state index contributed by atoms with van der Waals surface area (Å²) in [5, 5.41) is 12.9. The fraction of sp³-hybridized carbons (Fsp3) is 0.0952. The lowest BCUT2D eigenvalue weighted by Crippen LogP contribution is -2.14. The molecule has 4 aromatic rings. The van der Waals surface area contributed by atoms with Crippen molar-refractivity contribution in [2.75, 3.05) is 10.0 Å². The number of nitrogens with one attached hydrogen (secondary N) is 2. The molecule has 2 N–H and O–H groups in total. The van der Waals surface area contributed by atoms with E-state index in [-0.39, 0.29) is 10.8 Å². The lowest BCUT2D eigenvalue weighted by Gasteiger charge is -2.13. The Balaban J connectivity index is 1.48. The Kier molecular flexibility index (Phi) is 4.72. The standard InChI is InChI=1S/C21H16N4O3S3/c1-11-10-13(30-21-24-23-12(2)29-21)6-7-16(11)25-31(27,28)18-9-8-17-19-14(18)4-3-5-15(19)20(26)22-17/h3-10,25H,1-2H3,(H,22,26). The zero-order valence-corrected chi connectivity index (χ0v) is 18.9. The van der Waals surface area contributed by atoms with Crippen LogP contribution in [0.2, 0.25) is 0 Å². The summed E-state index contributed by atoms with van der Waals surface area (Å²) in [5.41, 5.74) is 2.39. The fourth-order valence-electron chi connectivity index (χ4n) is 3.53. The predicted molar refractivity (Wildman–Crippen MR) is 123 cm³/mol. The van der Waals surface area contributed by atoms with Gasteiger partial charge in [-0.25, -0.2) is 8.42 Å². The average Bonchev–Trinajstić information content (AvgIpc) is 3.28. The van der Waals surface area contributed by atoms with Crippen LogP contribution < -0.4 is 10.0 Å². The molecule has 1 aliphatic rings. The second-order valence-electron chi connectivity index (χ2n) is 7.06. The summed E-state index contributed by atoms with van der Waals surface area (Å²) in [7, 11) is -3.87. The van der Waals surface area contributed by atoms with Crippen molar-refractivity contribution in [2.24, 2.45) is 0 Å². The monoisotopic (exact) mass is 468 g/mol. The molecule has 3 aromatic carbocycles. The first kappa shape index (κ1) is 20.0. The van der Waals surface area contributed by atoms with Crippen molar-refractivity contribution in [3.63, 3.8) is 0 Å². The van der Waals surface area contributed by atoms with Crippen LogP contribution in [-0.2, 0) is 10.0 Å². The normalized spacial score (nSPS) is 12.9. The van der Waals surface area contributed by atoms with Crippen molar-refractivity contribution in [3.8, 4) is 0 Å². The maximum Gasteiger partial charge on any atom is 0.262 e. The molecule has 0 saturated heterocycles. The lowest BCUT2D eigenvalue weighted by molar-refractivity contribution is 0.103. The third-order valence-corrected chi connectivity index (χ3v) is 8.24. The van der Waals surface area contributed by atoms with E-state index in [4.69, 9.17) is 0 Å². The van der Waals surface area contributed by atoms with Gasteiger partial charge in [0.1, 0.15) is 5.01 Å². The number of sulfonamides is 1. The summed E-state index contributed by atoms with van der Waals surface area (Å²) in [5.74, 6) is -0.224. The molecular formula is C21H16N4O3S3. The van der Waals surface area contributed by atoms with Gasteiger partial charge in [0.2, 0.25) is 0 Å². The van der Waals surface area contributed by atoms with Crippen LogP contribution >= 0.6 is 23.1 Å². The summed E-state index contributed by atoms with van der Waals surface area (Å²) in [6.45, 7) is 3.75. The van der Waals surface area contributed by atoms with E-state index < -0.39 is 10.0 Å². The number of carbonyl (C=O) groups is 1. The smallest absolute Gasteiger partial charge is 0.262 e. The molecule has 0 spiro atoms. The van der Waals surface area contributed by atoms with Crippen LogP contribution in [0.15, 0.2) is 62.7 Å². The van der Waals surface area contributed by atoms with Crippen LogP contribution in [0.1, 0.15) is 20.9 Å². The number of hydrogen-bond donors (Lipinski definition) is 2. The first-order valence-electron chi connectivity index (χ1n) is 9.30. The minimum absolute atomic E-state index is 0.131. The number of amides is 1. The van der Waals surface area contributed by atoms with Gasteiger partial charge in [-0.1, -0.05) is 35.2 Å². The quantitative estimate of drug-likeness (QED) is 0.435. The summed E-state index contributed by atoms with van der Waals surface area (Å²) >= 11 is 3.00. The van der Waals surface area contributed by atoms with Crippen LogP contribution in [0.5, 0.6) is 0 Å². The molecule has 0 radical (unpaired) electrons. The Morgan fingerprint density at radius 2 is 1.90 bits per heavy atom. The van der Waals surface area contributed by atoms with Crippen molar-refractivity contribution >= 4 is 61.2 Å². The Labute approximate surface area is 187 Å². The zero-order valence-electron chi connectivity index (χ0n) is 16.5. The van der Waals surface area contributed by atoms with Gasteiger partial charge in [-0.05, 0) is 55.8 Å². The molecule has 0 bridgehead atoms. The Hall–Kier alpha value is -2.95. The van der Waals surface area contributed by atoms with Crippen LogP contribution in [-0.4, -0.2) is 24.5 Å². The lowest BCUT2D eigenvalue weighted by atomic mass is 10.1. The Morgan fingerprint density at radius 1 is 1.06 bits per heavy atom. The molecule has 0 atom stereocenters. The number of rotatable bonds is 5. The topological polar surface area (TPSA) is 101 Å². The number of benzene rings is 3. The van der Waals surface area contributed by atoms with Gasteiger partial charge < -0.3 is 5.32 Å². The molecule has 1 amide bonds. The number of hydrogen-bond acceptors (Lipinski definition) is 7. The average molecular weight is 469 g/mol. The van der Waals surface area contributed by atoms with E-state index in [1.807, 2.05) is 26.0 Å². The SMILES string of the molecule is Cc1nnc(Sc2ccc(NS(=O)(=O)c3ccc4c5c(cccc35)C(=O)N4)c(C)c2)s1. The molecule has 7 nitrogen and oxygen atoms in total. The molecule has 1 aliphatic heterocycles. The molecule has 2 heterocycles. The summed E-state index contributed by atoms with van der Waals surface area (Å²) < 4.78 is 30.0. The van der Waals surface area contributed by atoms with Crippen LogP contribution in [0.3, 0.4) is 0 Å². The molecule has 5 rings (SSSR count). The molecule has 10 heteroatoms. The minimum Gasteiger partial charge on any atom is -0.321 e. The van der Waals surface area contributed by atoms with E-state index in [0.29, 0.717) is 27.7 Å². The molecule has 0 fully saturated rings. The van der Waals surface area contributed by atoms with E-state index in [1.165, 1.54) is 29.2 Å². The number of aryl methyl sites for hydroxylation is 2. The van der Waals surface area contributed by atoms with E-state index >= 15 is 0 Å². The Bertz CT molecular complexity index is 1480. The van der Waals surface area contributed by atoms with Gasteiger partial charge in [0, 0.05) is 26.9 Å². The van der Waals surface area contributed by atoms with Crippen molar-refractivity contribution in [1.29, 1.82) is 0 Å². The van der Waals surface area contributed by atoms with Gasteiger partial charge in [0.15, 0.2) is 4.34 Å². The van der Waals surface area contributed by atoms with Crippen LogP contribution in [0.25, 0.3) is 10.8 Å². The summed E-state index contributed by atoms with van der Waals surface area (Å²) in [6.07, 6.45) is 0. The molecule has 0 saturated carbocycles. The van der Waals surface area contributed by atoms with Gasteiger partial charge in [0.05, 0.1) is 10.6 Å². The molecular weight excluding hydrogens is 452 g/mol. The highest BCUT2D eigenvalue weighted by atomic mass is 32.2. The molecule has 0 aliphatic carbocycles.